The fraction of sp³-hybridized carbons (Fsp3) is 0.120. The summed E-state index contributed by atoms with van der Waals surface area (Å²) in [5, 5.41) is 0. The molecule has 0 aliphatic carbocycles. The highest BCUT2D eigenvalue weighted by molar-refractivity contribution is 8.03. The summed E-state index contributed by atoms with van der Waals surface area (Å²) in [7, 11) is 1.52. The van der Waals surface area contributed by atoms with E-state index >= 15 is 0 Å². The van der Waals surface area contributed by atoms with Crippen LogP contribution >= 0.6 is 11.8 Å². The molecule has 0 atom stereocenters. The van der Waals surface area contributed by atoms with E-state index in [0.717, 1.165) is 10.5 Å². The molecule has 1 aliphatic rings. The van der Waals surface area contributed by atoms with Crippen LogP contribution in [0.25, 0.3) is 5.57 Å². The molecule has 0 radical (unpaired) electrons. The smallest absolute Gasteiger partial charge is 0.268 e. The molecule has 4 nitrogen and oxygen atoms in total. The number of carbonyl (C=O) groups excluding carboxylic acids is 2. The van der Waals surface area contributed by atoms with Crippen molar-refractivity contribution in [1.82, 2.24) is 4.90 Å². The molecule has 0 saturated carbocycles. The molecule has 156 valence electrons. The number of methoxy groups -OCH3 is 1. The number of hydrogen-bond acceptors (Lipinski definition) is 4. The fourth-order valence-corrected chi connectivity index (χ4v) is 4.53. The van der Waals surface area contributed by atoms with Crippen LogP contribution in [0.2, 0.25) is 0 Å². The Hall–Kier alpha value is -3.38. The third-order valence-electron chi connectivity index (χ3n) is 5.01. The minimum atomic E-state index is -0.452. The SMILES string of the molecule is COc1ccccc1C1=C(SCc2ccccc2)C(=O)N(Cc2ccccc2F)C1=O. The van der Waals surface area contributed by atoms with Crippen molar-refractivity contribution in [1.29, 1.82) is 0 Å². The van der Waals surface area contributed by atoms with Crippen molar-refractivity contribution >= 4 is 29.1 Å². The molecule has 0 bridgehead atoms. The van der Waals surface area contributed by atoms with E-state index < -0.39 is 17.6 Å². The molecule has 0 fully saturated rings. The zero-order valence-corrected chi connectivity index (χ0v) is 17.7. The number of hydrogen-bond donors (Lipinski definition) is 0. The van der Waals surface area contributed by atoms with E-state index in [1.807, 2.05) is 30.3 Å². The van der Waals surface area contributed by atoms with Gasteiger partial charge in [0.25, 0.3) is 11.8 Å². The van der Waals surface area contributed by atoms with Crippen molar-refractivity contribution in [2.75, 3.05) is 7.11 Å². The Morgan fingerprint density at radius 2 is 1.55 bits per heavy atom. The molecule has 0 N–H and O–H groups in total. The molecule has 0 unspecified atom stereocenters. The van der Waals surface area contributed by atoms with Gasteiger partial charge in [-0.2, -0.15) is 0 Å². The minimum Gasteiger partial charge on any atom is -0.496 e. The summed E-state index contributed by atoms with van der Waals surface area (Å²) >= 11 is 1.31. The molecule has 0 aromatic heterocycles. The number of thioether (sulfide) groups is 1. The van der Waals surface area contributed by atoms with E-state index in [2.05, 4.69) is 0 Å². The van der Waals surface area contributed by atoms with E-state index in [4.69, 9.17) is 4.74 Å². The second-order valence-corrected chi connectivity index (χ2v) is 7.95. The number of halogens is 1. The summed E-state index contributed by atoms with van der Waals surface area (Å²) in [4.78, 5) is 28.1. The molecule has 6 heteroatoms. The first-order valence-corrected chi connectivity index (χ1v) is 10.7. The number of carbonyl (C=O) groups is 2. The molecule has 2 amide bonds. The normalized spacial score (nSPS) is 13.8. The van der Waals surface area contributed by atoms with Crippen molar-refractivity contribution in [3.05, 3.63) is 106 Å². The third kappa shape index (κ3) is 4.25. The number of imide groups is 1. The Morgan fingerprint density at radius 1 is 0.871 bits per heavy atom. The van der Waals surface area contributed by atoms with Gasteiger partial charge in [0.2, 0.25) is 0 Å². The molecule has 0 spiro atoms. The predicted molar refractivity (Wildman–Crippen MR) is 120 cm³/mol. The van der Waals surface area contributed by atoms with Gasteiger partial charge in [0, 0.05) is 16.9 Å². The second-order valence-electron chi connectivity index (χ2n) is 6.97. The first-order chi connectivity index (χ1) is 15.1. The molecule has 0 saturated heterocycles. The van der Waals surface area contributed by atoms with E-state index in [-0.39, 0.29) is 12.1 Å². The number of nitrogens with zero attached hydrogens (tertiary/aromatic N) is 1. The van der Waals surface area contributed by atoms with Crippen molar-refractivity contribution in [3.63, 3.8) is 0 Å². The zero-order chi connectivity index (χ0) is 21.8. The van der Waals surface area contributed by atoms with Crippen LogP contribution in [0.15, 0.2) is 83.8 Å². The molecule has 4 rings (SSSR count). The Labute approximate surface area is 184 Å². The fourth-order valence-electron chi connectivity index (χ4n) is 3.45. The summed E-state index contributed by atoms with van der Waals surface area (Å²) in [6, 6.07) is 23.0. The molecular formula is C25H20FNO3S. The molecule has 3 aromatic rings. The van der Waals surface area contributed by atoms with Gasteiger partial charge in [-0.3, -0.25) is 14.5 Å². The summed E-state index contributed by atoms with van der Waals surface area (Å²) < 4.78 is 19.7. The molecule has 3 aromatic carbocycles. The topological polar surface area (TPSA) is 46.6 Å². The van der Waals surface area contributed by atoms with E-state index in [1.54, 1.807) is 42.5 Å². The maximum Gasteiger partial charge on any atom is 0.268 e. The van der Waals surface area contributed by atoms with Crippen LogP contribution in [0.1, 0.15) is 16.7 Å². The number of para-hydroxylation sites is 1. The van der Waals surface area contributed by atoms with Crippen molar-refractivity contribution in [3.8, 4) is 5.75 Å². The average Bonchev–Trinajstić information content (AvgIpc) is 3.03. The predicted octanol–water partition coefficient (Wildman–Crippen LogP) is 5.05. The summed E-state index contributed by atoms with van der Waals surface area (Å²) in [6.07, 6.45) is 0. The summed E-state index contributed by atoms with van der Waals surface area (Å²) in [6.45, 7) is -0.127. The highest BCUT2D eigenvalue weighted by Crippen LogP contribution is 2.41. The van der Waals surface area contributed by atoms with Crippen LogP contribution in [0.4, 0.5) is 4.39 Å². The zero-order valence-electron chi connectivity index (χ0n) is 16.9. The van der Waals surface area contributed by atoms with Gasteiger partial charge >= 0.3 is 0 Å². The van der Waals surface area contributed by atoms with Gasteiger partial charge in [0.05, 0.1) is 24.1 Å². The lowest BCUT2D eigenvalue weighted by molar-refractivity contribution is -0.137. The van der Waals surface area contributed by atoms with Gasteiger partial charge in [-0.25, -0.2) is 4.39 Å². The lowest BCUT2D eigenvalue weighted by Gasteiger charge is -2.16. The highest BCUT2D eigenvalue weighted by Gasteiger charge is 2.40. The lowest BCUT2D eigenvalue weighted by atomic mass is 10.0. The maximum absolute atomic E-state index is 14.2. The minimum absolute atomic E-state index is 0.127. The first kappa shape index (κ1) is 20.9. The quantitative estimate of drug-likeness (QED) is 0.490. The van der Waals surface area contributed by atoms with E-state index in [1.165, 1.54) is 24.9 Å². The van der Waals surface area contributed by atoms with Gasteiger partial charge in [0.15, 0.2) is 0 Å². The summed E-state index contributed by atoms with van der Waals surface area (Å²) in [5.41, 5.74) is 2.17. The van der Waals surface area contributed by atoms with Crippen molar-refractivity contribution in [2.45, 2.75) is 12.3 Å². The van der Waals surface area contributed by atoms with Gasteiger partial charge in [-0.15, -0.1) is 11.8 Å². The standard InChI is InChI=1S/C25H20FNO3S/c1-30-21-14-8-6-12-19(21)22-23(31-16-17-9-3-2-4-10-17)25(29)27(24(22)28)15-18-11-5-7-13-20(18)26/h2-14H,15-16H2,1H3. The Morgan fingerprint density at radius 3 is 2.29 bits per heavy atom. The van der Waals surface area contributed by atoms with Crippen molar-refractivity contribution < 1.29 is 18.7 Å². The molecule has 1 aliphatic heterocycles. The Kier molecular flexibility index (Phi) is 6.18. The monoisotopic (exact) mass is 433 g/mol. The average molecular weight is 434 g/mol. The number of ether oxygens (including phenoxy) is 1. The largest absolute Gasteiger partial charge is 0.496 e. The molecule has 31 heavy (non-hydrogen) atoms. The van der Waals surface area contributed by atoms with Crippen LogP contribution in [-0.2, 0) is 21.9 Å². The van der Waals surface area contributed by atoms with Crippen LogP contribution in [-0.4, -0.2) is 23.8 Å². The van der Waals surface area contributed by atoms with Crippen LogP contribution in [0, 0.1) is 5.82 Å². The van der Waals surface area contributed by atoms with Gasteiger partial charge in [0.1, 0.15) is 11.6 Å². The number of rotatable bonds is 7. The van der Waals surface area contributed by atoms with Gasteiger partial charge < -0.3 is 4.74 Å². The number of benzene rings is 3. The Bertz CT molecular complexity index is 1160. The summed E-state index contributed by atoms with van der Waals surface area (Å²) in [5.74, 6) is -0.290. The van der Waals surface area contributed by atoms with Gasteiger partial charge in [-0.05, 0) is 17.7 Å². The van der Waals surface area contributed by atoms with E-state index in [9.17, 15) is 14.0 Å². The first-order valence-electron chi connectivity index (χ1n) is 9.74. The maximum atomic E-state index is 14.2. The second kappa shape index (κ2) is 9.18. The van der Waals surface area contributed by atoms with Crippen LogP contribution < -0.4 is 4.74 Å². The van der Waals surface area contributed by atoms with Crippen LogP contribution in [0.5, 0.6) is 5.75 Å². The molecular weight excluding hydrogens is 413 g/mol. The van der Waals surface area contributed by atoms with Crippen molar-refractivity contribution in [2.24, 2.45) is 0 Å². The van der Waals surface area contributed by atoms with Gasteiger partial charge in [-0.1, -0.05) is 66.7 Å². The number of amides is 2. The Balaban J connectivity index is 1.72. The van der Waals surface area contributed by atoms with Crippen LogP contribution in [0.3, 0.4) is 0 Å². The highest BCUT2D eigenvalue weighted by atomic mass is 32.2. The third-order valence-corrected chi connectivity index (χ3v) is 6.16. The lowest BCUT2D eigenvalue weighted by Crippen LogP contribution is -2.31. The molecule has 1 heterocycles. The van der Waals surface area contributed by atoms with E-state index in [0.29, 0.717) is 27.5 Å².